The highest BCUT2D eigenvalue weighted by molar-refractivity contribution is 5.69. The lowest BCUT2D eigenvalue weighted by Crippen LogP contribution is -2.05. The maximum Gasteiger partial charge on any atom is 0.306 e. The molecule has 0 aliphatic rings. The summed E-state index contributed by atoms with van der Waals surface area (Å²) in [6.45, 7) is 7.17. The summed E-state index contributed by atoms with van der Waals surface area (Å²) in [4.78, 5) is 16.4. The molecular formula is C29H33N3O6. The lowest BCUT2D eigenvalue weighted by Gasteiger charge is -2.12. The van der Waals surface area contributed by atoms with Crippen molar-refractivity contribution in [1.29, 1.82) is 0 Å². The Morgan fingerprint density at radius 3 is 2.58 bits per heavy atom. The molecule has 9 heteroatoms. The number of aromatic nitrogens is 3. The van der Waals surface area contributed by atoms with E-state index < -0.39 is 0 Å². The number of carbonyl (C=O) groups excluding carboxylic acids is 1. The topological polar surface area (TPSA) is 97.8 Å². The van der Waals surface area contributed by atoms with Crippen molar-refractivity contribution < 1.29 is 28.2 Å². The molecule has 0 unspecified atom stereocenters. The molecule has 0 aliphatic carbocycles. The fraction of sp³-hybridized carbons (Fsp3) is 0.345. The number of aryl methyl sites for hydroxylation is 2. The molecule has 9 nitrogen and oxygen atoms in total. The van der Waals surface area contributed by atoms with Crippen LogP contribution in [-0.2, 0) is 29.1 Å². The van der Waals surface area contributed by atoms with Gasteiger partial charge in [-0.25, -0.2) is 4.98 Å². The minimum atomic E-state index is -0.236. The number of esters is 1. The van der Waals surface area contributed by atoms with Gasteiger partial charge in [0.05, 0.1) is 26.9 Å². The smallest absolute Gasteiger partial charge is 0.306 e. The second kappa shape index (κ2) is 12.8. The number of nitrogens with zero attached hydrogens (tertiary/aromatic N) is 3. The number of ether oxygens (including phenoxy) is 4. The molecule has 4 rings (SSSR count). The zero-order chi connectivity index (χ0) is 26.9. The van der Waals surface area contributed by atoms with Crippen molar-refractivity contribution in [2.75, 3.05) is 20.3 Å². The lowest BCUT2D eigenvalue weighted by molar-refractivity contribution is -0.143. The maximum absolute atomic E-state index is 11.8. The molecule has 0 spiro atoms. The van der Waals surface area contributed by atoms with Crippen LogP contribution in [0.2, 0.25) is 0 Å². The van der Waals surface area contributed by atoms with E-state index in [0.29, 0.717) is 55.2 Å². The fourth-order valence-electron chi connectivity index (χ4n) is 3.95. The Morgan fingerprint density at radius 2 is 1.84 bits per heavy atom. The first kappa shape index (κ1) is 26.8. The van der Waals surface area contributed by atoms with Crippen LogP contribution in [0.15, 0.2) is 59.1 Å². The molecule has 2 heterocycles. The third kappa shape index (κ3) is 6.73. The molecule has 0 N–H and O–H groups in total. The summed E-state index contributed by atoms with van der Waals surface area (Å²) in [7, 11) is 1.61. The number of oxazole rings is 1. The average Bonchev–Trinajstić information content (AvgIpc) is 3.49. The second-order valence-corrected chi connectivity index (χ2v) is 8.56. The Bertz CT molecular complexity index is 1350. The first-order chi connectivity index (χ1) is 18.5. The average molecular weight is 520 g/mol. The van der Waals surface area contributed by atoms with E-state index >= 15 is 0 Å². The standard InChI is InChI=1S/C29H33N3O6/c1-5-35-27(33)15-13-23-18-32(31-29(23)36-6-2)17-21-12-14-25(26(16-21)34-4)37-19-24-20(3)38-28(30-24)22-10-8-7-9-11-22/h7-12,14,16,18H,5-6,13,15,17,19H2,1-4H3. The summed E-state index contributed by atoms with van der Waals surface area (Å²) in [6, 6.07) is 15.5. The number of carbonyl (C=O) groups is 1. The molecule has 0 bridgehead atoms. The van der Waals surface area contributed by atoms with Crippen LogP contribution in [-0.4, -0.2) is 41.1 Å². The second-order valence-electron chi connectivity index (χ2n) is 8.56. The van der Waals surface area contributed by atoms with Gasteiger partial charge in [0.2, 0.25) is 11.8 Å². The number of benzene rings is 2. The molecule has 2 aromatic heterocycles. The molecular weight excluding hydrogens is 486 g/mol. The number of hydrogen-bond donors (Lipinski definition) is 0. The Balaban J connectivity index is 1.43. The van der Waals surface area contributed by atoms with E-state index in [-0.39, 0.29) is 19.0 Å². The molecule has 0 aliphatic heterocycles. The third-order valence-corrected chi connectivity index (χ3v) is 5.83. The minimum absolute atomic E-state index is 0.236. The monoisotopic (exact) mass is 519 g/mol. The first-order valence-electron chi connectivity index (χ1n) is 12.7. The predicted molar refractivity (Wildman–Crippen MR) is 141 cm³/mol. The summed E-state index contributed by atoms with van der Waals surface area (Å²) in [6.07, 6.45) is 2.67. The van der Waals surface area contributed by atoms with E-state index in [2.05, 4.69) is 10.1 Å². The van der Waals surface area contributed by atoms with Gasteiger partial charge >= 0.3 is 5.97 Å². The largest absolute Gasteiger partial charge is 0.493 e. The normalized spacial score (nSPS) is 10.8. The fourth-order valence-corrected chi connectivity index (χ4v) is 3.95. The highest BCUT2D eigenvalue weighted by Crippen LogP contribution is 2.30. The molecule has 38 heavy (non-hydrogen) atoms. The van der Waals surface area contributed by atoms with Crippen LogP contribution in [0.5, 0.6) is 17.4 Å². The van der Waals surface area contributed by atoms with Gasteiger partial charge in [-0.1, -0.05) is 24.3 Å². The zero-order valence-corrected chi connectivity index (χ0v) is 22.2. The summed E-state index contributed by atoms with van der Waals surface area (Å²) in [5.41, 5.74) is 3.48. The van der Waals surface area contributed by atoms with Crippen molar-refractivity contribution in [3.8, 4) is 28.8 Å². The quantitative estimate of drug-likeness (QED) is 0.217. The van der Waals surface area contributed by atoms with Crippen LogP contribution < -0.4 is 14.2 Å². The van der Waals surface area contributed by atoms with Crippen molar-refractivity contribution >= 4 is 5.97 Å². The van der Waals surface area contributed by atoms with Gasteiger partial charge in [0, 0.05) is 23.7 Å². The summed E-state index contributed by atoms with van der Waals surface area (Å²) < 4.78 is 30.0. The SMILES string of the molecule is CCOC(=O)CCc1cn(Cc2ccc(OCc3nc(-c4ccccc4)oc3C)c(OC)c2)nc1OCC. The maximum atomic E-state index is 11.8. The summed E-state index contributed by atoms with van der Waals surface area (Å²) >= 11 is 0. The van der Waals surface area contributed by atoms with Crippen molar-refractivity contribution in [2.24, 2.45) is 0 Å². The Labute approximate surface area is 222 Å². The minimum Gasteiger partial charge on any atom is -0.493 e. The highest BCUT2D eigenvalue weighted by Gasteiger charge is 2.16. The van der Waals surface area contributed by atoms with Gasteiger partial charge in [0.15, 0.2) is 11.5 Å². The lowest BCUT2D eigenvalue weighted by atomic mass is 10.2. The summed E-state index contributed by atoms with van der Waals surface area (Å²) in [5.74, 6) is 2.78. The van der Waals surface area contributed by atoms with Crippen molar-refractivity contribution in [3.05, 3.63) is 77.3 Å². The molecule has 200 valence electrons. The van der Waals surface area contributed by atoms with Crippen LogP contribution in [0.1, 0.15) is 42.8 Å². The predicted octanol–water partition coefficient (Wildman–Crippen LogP) is 5.38. The van der Waals surface area contributed by atoms with Gasteiger partial charge in [0.25, 0.3) is 0 Å². The zero-order valence-electron chi connectivity index (χ0n) is 22.2. The van der Waals surface area contributed by atoms with Crippen molar-refractivity contribution in [2.45, 2.75) is 46.8 Å². The first-order valence-corrected chi connectivity index (χ1v) is 12.7. The van der Waals surface area contributed by atoms with Crippen LogP contribution in [0.3, 0.4) is 0 Å². The summed E-state index contributed by atoms with van der Waals surface area (Å²) in [5, 5.41) is 4.56. The Kier molecular flexibility index (Phi) is 9.02. The number of methoxy groups -OCH3 is 1. The molecule has 0 fully saturated rings. The van der Waals surface area contributed by atoms with E-state index in [9.17, 15) is 4.79 Å². The number of hydrogen-bond acceptors (Lipinski definition) is 8. The van der Waals surface area contributed by atoms with Crippen LogP contribution >= 0.6 is 0 Å². The van der Waals surface area contributed by atoms with Crippen molar-refractivity contribution in [1.82, 2.24) is 14.8 Å². The highest BCUT2D eigenvalue weighted by atomic mass is 16.5. The molecule has 0 saturated carbocycles. The van der Waals surface area contributed by atoms with Gasteiger partial charge < -0.3 is 23.4 Å². The van der Waals surface area contributed by atoms with Gasteiger partial charge in [-0.05, 0) is 57.0 Å². The third-order valence-electron chi connectivity index (χ3n) is 5.83. The van der Waals surface area contributed by atoms with E-state index in [1.54, 1.807) is 18.7 Å². The van der Waals surface area contributed by atoms with Crippen LogP contribution in [0.4, 0.5) is 0 Å². The van der Waals surface area contributed by atoms with Gasteiger partial charge in [-0.2, -0.15) is 0 Å². The molecule has 0 amide bonds. The van der Waals surface area contributed by atoms with E-state index in [0.717, 1.165) is 22.4 Å². The van der Waals surface area contributed by atoms with Gasteiger partial charge in [0.1, 0.15) is 18.1 Å². The molecule has 0 atom stereocenters. The van der Waals surface area contributed by atoms with Crippen molar-refractivity contribution in [3.63, 3.8) is 0 Å². The van der Waals surface area contributed by atoms with Gasteiger partial charge in [-0.3, -0.25) is 9.48 Å². The van der Waals surface area contributed by atoms with Crippen LogP contribution in [0.25, 0.3) is 11.5 Å². The molecule has 0 radical (unpaired) electrons. The number of rotatable bonds is 13. The Morgan fingerprint density at radius 1 is 1.03 bits per heavy atom. The Hall–Kier alpha value is -4.27. The van der Waals surface area contributed by atoms with E-state index in [1.165, 1.54) is 0 Å². The van der Waals surface area contributed by atoms with E-state index in [4.69, 9.17) is 23.4 Å². The van der Waals surface area contributed by atoms with Gasteiger partial charge in [-0.15, -0.1) is 5.10 Å². The molecule has 4 aromatic rings. The molecule has 0 saturated heterocycles. The molecule has 2 aromatic carbocycles. The van der Waals surface area contributed by atoms with E-state index in [1.807, 2.05) is 68.6 Å². The van der Waals surface area contributed by atoms with Crippen LogP contribution in [0, 0.1) is 6.92 Å².